The normalized spacial score (nSPS) is 11.6. The molecule has 5 heteroatoms. The number of nitrogens with zero attached hydrogens (tertiary/aromatic N) is 4. The summed E-state index contributed by atoms with van der Waals surface area (Å²) in [7, 11) is 0. The highest BCUT2D eigenvalue weighted by atomic mass is 16.3. The van der Waals surface area contributed by atoms with E-state index in [1.54, 1.807) is 0 Å². The van der Waals surface area contributed by atoms with Crippen LogP contribution in [0.2, 0.25) is 0 Å². The maximum Gasteiger partial charge on any atom is 0.164 e. The van der Waals surface area contributed by atoms with Gasteiger partial charge in [0.1, 0.15) is 11.2 Å². The Morgan fingerprint density at radius 2 is 1.02 bits per heavy atom. The molecule has 0 unspecified atom stereocenters. The lowest BCUT2D eigenvalue weighted by Crippen LogP contribution is -2.00. The van der Waals surface area contributed by atoms with Gasteiger partial charge in [0.2, 0.25) is 0 Å². The molecule has 7 aromatic carbocycles. The molecule has 0 aliphatic carbocycles. The Balaban J connectivity index is 1.22. The molecule has 3 aromatic heterocycles. The van der Waals surface area contributed by atoms with Gasteiger partial charge in [0.05, 0.1) is 16.4 Å². The predicted molar refractivity (Wildman–Crippen MR) is 203 cm³/mol. The number of benzene rings is 7. The average molecular weight is 641 g/mol. The third kappa shape index (κ3) is 4.52. The SMILES string of the molecule is c1ccc(-c2cccc(-c3nc(-c4ccccc4)nc(-c4cccc5oc6c(ccc7c6c6ccccc6n7-c6ccccc6)c45)n3)c2)cc1. The van der Waals surface area contributed by atoms with E-state index in [9.17, 15) is 0 Å². The first-order valence-corrected chi connectivity index (χ1v) is 16.7. The zero-order valence-corrected chi connectivity index (χ0v) is 26.9. The molecule has 0 aliphatic rings. The van der Waals surface area contributed by atoms with Crippen molar-refractivity contribution >= 4 is 43.7 Å². The first-order chi connectivity index (χ1) is 24.8. The van der Waals surface area contributed by atoms with Gasteiger partial charge in [-0.05, 0) is 53.6 Å². The molecule has 0 saturated carbocycles. The lowest BCUT2D eigenvalue weighted by atomic mass is 10.0. The van der Waals surface area contributed by atoms with Crippen LogP contribution in [0.4, 0.5) is 0 Å². The summed E-state index contributed by atoms with van der Waals surface area (Å²) in [6.45, 7) is 0. The smallest absolute Gasteiger partial charge is 0.164 e. The summed E-state index contributed by atoms with van der Waals surface area (Å²) in [6, 6.07) is 58.4. The van der Waals surface area contributed by atoms with Crippen LogP contribution in [-0.2, 0) is 0 Å². The number of para-hydroxylation sites is 2. The van der Waals surface area contributed by atoms with Crippen molar-refractivity contribution in [2.75, 3.05) is 0 Å². The van der Waals surface area contributed by atoms with Gasteiger partial charge in [-0.25, -0.2) is 15.0 Å². The Hall–Kier alpha value is -6.85. The van der Waals surface area contributed by atoms with Crippen LogP contribution >= 0.6 is 0 Å². The molecule has 234 valence electrons. The van der Waals surface area contributed by atoms with Crippen LogP contribution in [-0.4, -0.2) is 19.5 Å². The summed E-state index contributed by atoms with van der Waals surface area (Å²) in [5.41, 5.74) is 9.97. The van der Waals surface area contributed by atoms with E-state index in [1.807, 2.05) is 54.6 Å². The van der Waals surface area contributed by atoms with Gasteiger partial charge in [-0.1, -0.05) is 127 Å². The number of rotatable bonds is 5. The molecule has 0 fully saturated rings. The maximum atomic E-state index is 6.80. The minimum Gasteiger partial charge on any atom is -0.455 e. The number of aromatic nitrogens is 4. The molecule has 0 saturated heterocycles. The lowest BCUT2D eigenvalue weighted by molar-refractivity contribution is 0.673. The summed E-state index contributed by atoms with van der Waals surface area (Å²) < 4.78 is 9.11. The zero-order valence-electron chi connectivity index (χ0n) is 26.9. The van der Waals surface area contributed by atoms with Crippen LogP contribution in [0, 0.1) is 0 Å². The van der Waals surface area contributed by atoms with Gasteiger partial charge in [0.15, 0.2) is 17.5 Å². The minimum absolute atomic E-state index is 0.596. The van der Waals surface area contributed by atoms with Crippen LogP contribution in [0.15, 0.2) is 174 Å². The van der Waals surface area contributed by atoms with E-state index in [2.05, 4.69) is 120 Å². The Labute approximate surface area is 287 Å². The van der Waals surface area contributed by atoms with Crippen LogP contribution in [0.1, 0.15) is 0 Å². The number of hydrogen-bond acceptors (Lipinski definition) is 4. The third-order valence-corrected chi connectivity index (χ3v) is 9.45. The highest BCUT2D eigenvalue weighted by Crippen LogP contribution is 2.43. The van der Waals surface area contributed by atoms with Crippen LogP contribution in [0.3, 0.4) is 0 Å². The van der Waals surface area contributed by atoms with Crippen molar-refractivity contribution in [1.82, 2.24) is 19.5 Å². The summed E-state index contributed by atoms with van der Waals surface area (Å²) >= 11 is 0. The average Bonchev–Trinajstić information content (AvgIpc) is 3.75. The van der Waals surface area contributed by atoms with Crippen molar-refractivity contribution in [1.29, 1.82) is 0 Å². The second kappa shape index (κ2) is 11.4. The monoisotopic (exact) mass is 640 g/mol. The summed E-state index contributed by atoms with van der Waals surface area (Å²) in [5, 5.41) is 4.23. The van der Waals surface area contributed by atoms with Crippen molar-refractivity contribution in [3.8, 4) is 51.0 Å². The molecular formula is C45H28N4O. The first kappa shape index (κ1) is 28.2. The van der Waals surface area contributed by atoms with E-state index in [0.29, 0.717) is 17.5 Å². The minimum atomic E-state index is 0.596. The standard InChI is InChI=1S/C45H28N4O/c1-4-14-29(15-5-1)31-18-12-19-32(28-31)44-46-43(30-16-6-2-7-17-30)47-45(48-44)36-23-13-25-39-40(36)35-26-27-38-41(42(35)50-39)34-22-10-11-24-37(34)49(38)33-20-8-3-9-21-33/h1-28H. The summed E-state index contributed by atoms with van der Waals surface area (Å²) in [6.07, 6.45) is 0. The quantitative estimate of drug-likeness (QED) is 0.188. The highest BCUT2D eigenvalue weighted by Gasteiger charge is 2.22. The van der Waals surface area contributed by atoms with Gasteiger partial charge < -0.3 is 8.98 Å². The Bertz CT molecular complexity index is 2860. The number of fused-ring (bicyclic) bond motifs is 7. The van der Waals surface area contributed by atoms with E-state index in [0.717, 1.165) is 77.2 Å². The molecule has 0 aliphatic heterocycles. The molecule has 0 atom stereocenters. The molecule has 10 aromatic rings. The van der Waals surface area contributed by atoms with Gasteiger partial charge in [-0.2, -0.15) is 0 Å². The molecule has 0 bridgehead atoms. The molecular weight excluding hydrogens is 613 g/mol. The topological polar surface area (TPSA) is 56.7 Å². The summed E-state index contributed by atoms with van der Waals surface area (Å²) in [5.74, 6) is 1.83. The Morgan fingerprint density at radius 3 is 1.82 bits per heavy atom. The van der Waals surface area contributed by atoms with Gasteiger partial charge in [0, 0.05) is 38.5 Å². The van der Waals surface area contributed by atoms with Crippen molar-refractivity contribution in [3.63, 3.8) is 0 Å². The highest BCUT2D eigenvalue weighted by molar-refractivity contribution is 6.25. The van der Waals surface area contributed by atoms with E-state index in [-0.39, 0.29) is 0 Å². The van der Waals surface area contributed by atoms with Crippen LogP contribution in [0.5, 0.6) is 0 Å². The van der Waals surface area contributed by atoms with Crippen molar-refractivity contribution in [2.24, 2.45) is 0 Å². The Kier molecular flexibility index (Phi) is 6.42. The Morgan fingerprint density at radius 1 is 0.400 bits per heavy atom. The molecule has 5 nitrogen and oxygen atoms in total. The third-order valence-electron chi connectivity index (χ3n) is 9.45. The largest absolute Gasteiger partial charge is 0.455 e. The van der Waals surface area contributed by atoms with E-state index < -0.39 is 0 Å². The maximum absolute atomic E-state index is 6.80. The fourth-order valence-electron chi connectivity index (χ4n) is 7.19. The van der Waals surface area contributed by atoms with Crippen molar-refractivity contribution in [2.45, 2.75) is 0 Å². The zero-order chi connectivity index (χ0) is 33.0. The molecule has 0 spiro atoms. The lowest BCUT2D eigenvalue weighted by Gasteiger charge is -2.10. The van der Waals surface area contributed by atoms with Gasteiger partial charge >= 0.3 is 0 Å². The predicted octanol–water partition coefficient (Wildman–Crippen LogP) is 11.5. The first-order valence-electron chi connectivity index (χ1n) is 16.7. The van der Waals surface area contributed by atoms with E-state index in [1.165, 1.54) is 0 Å². The molecule has 0 amide bonds. The molecule has 50 heavy (non-hydrogen) atoms. The second-order valence-corrected chi connectivity index (χ2v) is 12.4. The van der Waals surface area contributed by atoms with E-state index >= 15 is 0 Å². The summed E-state index contributed by atoms with van der Waals surface area (Å²) in [4.78, 5) is 15.3. The van der Waals surface area contributed by atoms with E-state index in [4.69, 9.17) is 19.4 Å². The molecule has 3 heterocycles. The number of furan rings is 1. The molecule has 0 N–H and O–H groups in total. The fraction of sp³-hybridized carbons (Fsp3) is 0. The fourth-order valence-corrected chi connectivity index (χ4v) is 7.19. The van der Waals surface area contributed by atoms with Crippen LogP contribution in [0.25, 0.3) is 94.7 Å². The molecule has 0 radical (unpaired) electrons. The van der Waals surface area contributed by atoms with Gasteiger partial charge in [-0.3, -0.25) is 0 Å². The number of hydrogen-bond donors (Lipinski definition) is 0. The molecule has 10 rings (SSSR count). The van der Waals surface area contributed by atoms with Crippen molar-refractivity contribution < 1.29 is 4.42 Å². The van der Waals surface area contributed by atoms with Gasteiger partial charge in [0.25, 0.3) is 0 Å². The second-order valence-electron chi connectivity index (χ2n) is 12.4. The van der Waals surface area contributed by atoms with Crippen LogP contribution < -0.4 is 0 Å². The van der Waals surface area contributed by atoms with Gasteiger partial charge in [-0.15, -0.1) is 0 Å². The van der Waals surface area contributed by atoms with Crippen molar-refractivity contribution in [3.05, 3.63) is 170 Å².